The third-order valence-corrected chi connectivity index (χ3v) is 2.57. The second-order valence-electron chi connectivity index (χ2n) is 4.26. The molecule has 0 heterocycles. The van der Waals surface area contributed by atoms with Crippen LogP contribution >= 0.6 is 0 Å². The van der Waals surface area contributed by atoms with Gasteiger partial charge in [0.2, 0.25) is 11.9 Å². The van der Waals surface area contributed by atoms with Gasteiger partial charge in [0.1, 0.15) is 6.10 Å². The van der Waals surface area contributed by atoms with Crippen LogP contribution in [0.25, 0.3) is 0 Å². The van der Waals surface area contributed by atoms with Gasteiger partial charge in [0.25, 0.3) is 0 Å². The van der Waals surface area contributed by atoms with Gasteiger partial charge in [-0.05, 0) is 12.8 Å². The fourth-order valence-electron chi connectivity index (χ4n) is 1.94. The van der Waals surface area contributed by atoms with Gasteiger partial charge in [-0.25, -0.2) is 0 Å². The largest absolute Gasteiger partial charge is 0.458 e. The summed E-state index contributed by atoms with van der Waals surface area (Å²) in [7, 11) is 0. The van der Waals surface area contributed by atoms with Crippen molar-refractivity contribution in [2.24, 2.45) is 0 Å². The molecule has 3 atom stereocenters. The van der Waals surface area contributed by atoms with Crippen molar-refractivity contribution in [3.63, 3.8) is 0 Å². The van der Waals surface area contributed by atoms with Crippen molar-refractivity contribution in [1.29, 1.82) is 0 Å². The van der Waals surface area contributed by atoms with E-state index in [2.05, 4.69) is 0 Å². The maximum absolute atomic E-state index is 12.0. The number of carbonyl (C=O) groups is 4. The SMILES string of the molecule is CC(=O)O[C@H]1CC[C@@H](OC(C)=O)C(=O)[C@H]1OC(C)=O. The van der Waals surface area contributed by atoms with Crippen LogP contribution in [0.1, 0.15) is 33.6 Å². The summed E-state index contributed by atoms with van der Waals surface area (Å²) in [5.41, 5.74) is 0. The monoisotopic (exact) mass is 272 g/mol. The molecule has 0 bridgehead atoms. The van der Waals surface area contributed by atoms with E-state index in [9.17, 15) is 19.2 Å². The summed E-state index contributed by atoms with van der Waals surface area (Å²) in [6, 6.07) is 0. The second-order valence-corrected chi connectivity index (χ2v) is 4.26. The number of rotatable bonds is 3. The molecule has 1 saturated carbocycles. The van der Waals surface area contributed by atoms with Crippen LogP contribution in [-0.4, -0.2) is 42.0 Å². The smallest absolute Gasteiger partial charge is 0.303 e. The lowest BCUT2D eigenvalue weighted by Crippen LogP contribution is -2.50. The van der Waals surface area contributed by atoms with Crippen LogP contribution in [0.2, 0.25) is 0 Å². The molecule has 0 amide bonds. The highest BCUT2D eigenvalue weighted by atomic mass is 16.6. The summed E-state index contributed by atoms with van der Waals surface area (Å²) in [5, 5.41) is 0. The minimum Gasteiger partial charge on any atom is -0.458 e. The van der Waals surface area contributed by atoms with Gasteiger partial charge >= 0.3 is 17.9 Å². The summed E-state index contributed by atoms with van der Waals surface area (Å²) >= 11 is 0. The van der Waals surface area contributed by atoms with Gasteiger partial charge in [-0.15, -0.1) is 0 Å². The Morgan fingerprint density at radius 3 is 1.89 bits per heavy atom. The predicted molar refractivity (Wildman–Crippen MR) is 60.9 cm³/mol. The number of ether oxygens (including phenoxy) is 3. The topological polar surface area (TPSA) is 96.0 Å². The van der Waals surface area contributed by atoms with E-state index in [-0.39, 0.29) is 12.8 Å². The Bertz CT molecular complexity index is 401. The zero-order valence-corrected chi connectivity index (χ0v) is 11.0. The summed E-state index contributed by atoms with van der Waals surface area (Å²) < 4.78 is 14.7. The molecule has 0 radical (unpaired) electrons. The lowest BCUT2D eigenvalue weighted by atomic mass is 9.90. The van der Waals surface area contributed by atoms with Gasteiger partial charge in [0, 0.05) is 20.8 Å². The number of hydrogen-bond donors (Lipinski definition) is 0. The highest BCUT2D eigenvalue weighted by molar-refractivity contribution is 5.92. The van der Waals surface area contributed by atoms with Gasteiger partial charge in [-0.2, -0.15) is 0 Å². The average molecular weight is 272 g/mol. The van der Waals surface area contributed by atoms with Gasteiger partial charge < -0.3 is 14.2 Å². The first kappa shape index (κ1) is 15.1. The van der Waals surface area contributed by atoms with Gasteiger partial charge in [-0.3, -0.25) is 19.2 Å². The predicted octanol–water partition coefficient (Wildman–Crippen LogP) is 0.144. The van der Waals surface area contributed by atoms with Crippen molar-refractivity contribution >= 4 is 23.7 Å². The first-order valence-corrected chi connectivity index (χ1v) is 5.86. The third kappa shape index (κ3) is 4.35. The fraction of sp³-hybridized carbons (Fsp3) is 0.667. The van der Waals surface area contributed by atoms with E-state index in [0.717, 1.165) is 6.92 Å². The lowest BCUT2D eigenvalue weighted by Gasteiger charge is -2.32. The Kier molecular flexibility index (Phi) is 5.02. The molecule has 7 nitrogen and oxygen atoms in total. The quantitative estimate of drug-likeness (QED) is 0.532. The zero-order valence-electron chi connectivity index (χ0n) is 11.0. The highest BCUT2D eigenvalue weighted by Gasteiger charge is 2.43. The van der Waals surface area contributed by atoms with Crippen LogP contribution in [0, 0.1) is 0 Å². The molecular formula is C12H16O7. The number of esters is 3. The molecule has 0 unspecified atom stereocenters. The molecule has 0 aliphatic heterocycles. The molecule has 1 fully saturated rings. The molecule has 1 aliphatic carbocycles. The summed E-state index contributed by atoms with van der Waals surface area (Å²) in [4.78, 5) is 44.9. The van der Waals surface area contributed by atoms with Gasteiger partial charge in [0.05, 0.1) is 0 Å². The number of hydrogen-bond acceptors (Lipinski definition) is 7. The van der Waals surface area contributed by atoms with Crippen LogP contribution in [-0.2, 0) is 33.4 Å². The Morgan fingerprint density at radius 1 is 0.895 bits per heavy atom. The van der Waals surface area contributed by atoms with Gasteiger partial charge in [0.15, 0.2) is 6.10 Å². The normalized spacial score (nSPS) is 26.5. The third-order valence-electron chi connectivity index (χ3n) is 2.57. The molecule has 106 valence electrons. The molecule has 19 heavy (non-hydrogen) atoms. The van der Waals surface area contributed by atoms with E-state index in [4.69, 9.17) is 14.2 Å². The van der Waals surface area contributed by atoms with Crippen LogP contribution in [0.4, 0.5) is 0 Å². The Hall–Kier alpha value is -1.92. The molecule has 0 spiro atoms. The van der Waals surface area contributed by atoms with Crippen molar-refractivity contribution in [2.45, 2.75) is 51.9 Å². The minimum atomic E-state index is -1.22. The first-order chi connectivity index (χ1) is 8.81. The van der Waals surface area contributed by atoms with Crippen molar-refractivity contribution in [1.82, 2.24) is 0 Å². The number of ketones is 1. The molecule has 1 aliphatic rings. The van der Waals surface area contributed by atoms with Gasteiger partial charge in [-0.1, -0.05) is 0 Å². The summed E-state index contributed by atoms with van der Waals surface area (Å²) in [6.45, 7) is 3.54. The lowest BCUT2D eigenvalue weighted by molar-refractivity contribution is -0.182. The average Bonchev–Trinajstić information content (AvgIpc) is 2.26. The molecule has 0 aromatic carbocycles. The molecule has 7 heteroatoms. The maximum Gasteiger partial charge on any atom is 0.303 e. The Labute approximate surface area is 110 Å². The molecule has 0 saturated heterocycles. The van der Waals surface area contributed by atoms with Crippen LogP contribution in [0.5, 0.6) is 0 Å². The van der Waals surface area contributed by atoms with Crippen molar-refractivity contribution in [3.8, 4) is 0 Å². The fourth-order valence-corrected chi connectivity index (χ4v) is 1.94. The second kappa shape index (κ2) is 6.31. The number of Topliss-reactive ketones (excluding diaryl/α,β-unsaturated/α-hetero) is 1. The summed E-state index contributed by atoms with van der Waals surface area (Å²) in [6.07, 6.45) is -2.51. The Morgan fingerprint density at radius 2 is 1.42 bits per heavy atom. The molecular weight excluding hydrogens is 256 g/mol. The first-order valence-electron chi connectivity index (χ1n) is 5.86. The van der Waals surface area contributed by atoms with Crippen molar-refractivity contribution in [3.05, 3.63) is 0 Å². The maximum atomic E-state index is 12.0. The van der Waals surface area contributed by atoms with E-state index in [1.807, 2.05) is 0 Å². The molecule has 0 aromatic rings. The van der Waals surface area contributed by atoms with Crippen LogP contribution in [0.3, 0.4) is 0 Å². The molecule has 0 aromatic heterocycles. The van der Waals surface area contributed by atoms with E-state index < -0.39 is 42.0 Å². The van der Waals surface area contributed by atoms with Crippen LogP contribution < -0.4 is 0 Å². The standard InChI is InChI=1S/C12H16O7/c1-6(13)17-9-4-5-10(18-7(2)14)12(11(9)16)19-8(3)15/h9-10,12H,4-5H2,1-3H3/t9-,10+,12+/m1/s1. The van der Waals surface area contributed by atoms with E-state index in [1.54, 1.807) is 0 Å². The zero-order chi connectivity index (χ0) is 14.6. The van der Waals surface area contributed by atoms with E-state index in [1.165, 1.54) is 13.8 Å². The van der Waals surface area contributed by atoms with E-state index >= 15 is 0 Å². The molecule has 1 rings (SSSR count). The van der Waals surface area contributed by atoms with Crippen molar-refractivity contribution < 1.29 is 33.4 Å². The minimum absolute atomic E-state index is 0.230. The molecule has 0 N–H and O–H groups in total. The number of carbonyl (C=O) groups excluding carboxylic acids is 4. The van der Waals surface area contributed by atoms with Crippen molar-refractivity contribution in [2.75, 3.05) is 0 Å². The Balaban J connectivity index is 2.82. The highest BCUT2D eigenvalue weighted by Crippen LogP contribution is 2.24. The van der Waals surface area contributed by atoms with E-state index in [0.29, 0.717) is 0 Å². The summed E-state index contributed by atoms with van der Waals surface area (Å²) in [5.74, 6) is -2.39. The van der Waals surface area contributed by atoms with Crippen LogP contribution in [0.15, 0.2) is 0 Å².